The fourth-order valence-electron chi connectivity index (χ4n) is 2.97. The number of hydrogen-bond acceptors (Lipinski definition) is 4. The van der Waals surface area contributed by atoms with Crippen LogP contribution in [0.1, 0.15) is 60.3 Å². The lowest BCUT2D eigenvalue weighted by Crippen LogP contribution is -1.83. The molecule has 0 bridgehead atoms. The van der Waals surface area contributed by atoms with E-state index in [0.29, 0.717) is 0 Å². The van der Waals surface area contributed by atoms with Gasteiger partial charge in [0.1, 0.15) is 0 Å². The minimum absolute atomic E-state index is 0.843. The van der Waals surface area contributed by atoms with Crippen molar-refractivity contribution in [1.82, 2.24) is 0 Å². The zero-order valence-corrected chi connectivity index (χ0v) is 17.3. The van der Waals surface area contributed by atoms with E-state index in [4.69, 9.17) is 0 Å². The maximum atomic E-state index is 11.2. The first-order chi connectivity index (χ1) is 12.3. The highest BCUT2D eigenvalue weighted by Crippen LogP contribution is 2.42. The first kappa shape index (κ1) is 18.6. The summed E-state index contributed by atoms with van der Waals surface area (Å²) in [5, 5.41) is 2.21. The average Bonchev–Trinajstić information content (AvgIpc) is 3.35. The monoisotopic (exact) mass is 388 g/mol. The third-order valence-electron chi connectivity index (χ3n) is 4.34. The number of unbranched alkanes of at least 4 members (excludes halogenated alkanes) is 2. The van der Waals surface area contributed by atoms with E-state index >= 15 is 0 Å². The fourth-order valence-corrected chi connectivity index (χ4v) is 6.26. The van der Waals surface area contributed by atoms with Gasteiger partial charge in [-0.05, 0) is 66.5 Å². The molecule has 1 nitrogen and oxygen atoms in total. The molecule has 3 aromatic rings. The Kier molecular flexibility index (Phi) is 6.63. The molecule has 0 aliphatic rings. The van der Waals surface area contributed by atoms with Gasteiger partial charge in [-0.3, -0.25) is 4.79 Å². The molecular weight excluding hydrogens is 364 g/mol. The van der Waals surface area contributed by atoms with Crippen molar-refractivity contribution in [3.63, 3.8) is 0 Å². The summed E-state index contributed by atoms with van der Waals surface area (Å²) in [5.41, 5.74) is 2.81. The van der Waals surface area contributed by atoms with Gasteiger partial charge in [-0.1, -0.05) is 26.7 Å². The molecule has 0 amide bonds. The van der Waals surface area contributed by atoms with Crippen molar-refractivity contribution in [2.45, 2.75) is 52.4 Å². The second-order valence-electron chi connectivity index (χ2n) is 6.27. The van der Waals surface area contributed by atoms with Crippen LogP contribution < -0.4 is 0 Å². The number of carbonyl (C=O) groups is 1. The van der Waals surface area contributed by atoms with Crippen LogP contribution in [0.15, 0.2) is 29.6 Å². The summed E-state index contributed by atoms with van der Waals surface area (Å²) in [6.45, 7) is 4.46. The molecule has 0 radical (unpaired) electrons. The van der Waals surface area contributed by atoms with E-state index in [-0.39, 0.29) is 0 Å². The Morgan fingerprint density at radius 2 is 1.56 bits per heavy atom. The normalized spacial score (nSPS) is 11.1. The summed E-state index contributed by atoms with van der Waals surface area (Å²) in [6, 6.07) is 8.85. The largest absolute Gasteiger partial charge is 0.297 e. The first-order valence-corrected chi connectivity index (χ1v) is 11.5. The van der Waals surface area contributed by atoms with Gasteiger partial charge in [-0.15, -0.1) is 34.0 Å². The van der Waals surface area contributed by atoms with E-state index in [1.807, 2.05) is 22.7 Å². The van der Waals surface area contributed by atoms with Crippen LogP contribution in [-0.4, -0.2) is 6.29 Å². The van der Waals surface area contributed by atoms with Gasteiger partial charge in [0.15, 0.2) is 6.29 Å². The van der Waals surface area contributed by atoms with Gasteiger partial charge in [0, 0.05) is 19.5 Å². The van der Waals surface area contributed by atoms with Crippen LogP contribution in [0.5, 0.6) is 0 Å². The lowest BCUT2D eigenvalue weighted by atomic mass is 10.1. The molecule has 0 unspecified atom stereocenters. The van der Waals surface area contributed by atoms with Gasteiger partial charge < -0.3 is 0 Å². The number of aryl methyl sites for hydroxylation is 2. The maximum Gasteiger partial charge on any atom is 0.160 e. The van der Waals surface area contributed by atoms with E-state index in [9.17, 15) is 4.79 Å². The van der Waals surface area contributed by atoms with E-state index < -0.39 is 0 Å². The Morgan fingerprint density at radius 1 is 0.880 bits per heavy atom. The van der Waals surface area contributed by atoms with Gasteiger partial charge >= 0.3 is 0 Å². The number of rotatable bonds is 9. The molecule has 0 saturated heterocycles. The third kappa shape index (κ3) is 4.30. The minimum Gasteiger partial charge on any atom is -0.297 e. The molecule has 3 heterocycles. The van der Waals surface area contributed by atoms with E-state index in [0.717, 1.165) is 17.6 Å². The Labute approximate surface area is 162 Å². The molecule has 0 aliphatic carbocycles. The lowest BCUT2D eigenvalue weighted by Gasteiger charge is -2.02. The van der Waals surface area contributed by atoms with Crippen LogP contribution in [0.2, 0.25) is 0 Å². The van der Waals surface area contributed by atoms with Gasteiger partial charge in [-0.25, -0.2) is 0 Å². The SMILES string of the molecule is CCCCc1ccsc1-c1ccc(-c2sc(C=O)cc2CCCC)s1. The molecular formula is C21H24OS3. The van der Waals surface area contributed by atoms with Crippen LogP contribution >= 0.6 is 34.0 Å². The van der Waals surface area contributed by atoms with Gasteiger partial charge in [0.2, 0.25) is 0 Å². The highest BCUT2D eigenvalue weighted by molar-refractivity contribution is 7.26. The molecule has 0 atom stereocenters. The molecule has 0 aromatic carbocycles. The van der Waals surface area contributed by atoms with Crippen LogP contribution in [0.4, 0.5) is 0 Å². The average molecular weight is 389 g/mol. The molecule has 0 N–H and O–H groups in total. The molecule has 3 rings (SSSR count). The van der Waals surface area contributed by atoms with Crippen molar-refractivity contribution >= 4 is 40.3 Å². The third-order valence-corrected chi connectivity index (χ3v) is 7.85. The lowest BCUT2D eigenvalue weighted by molar-refractivity contribution is 0.112. The molecule has 132 valence electrons. The smallest absolute Gasteiger partial charge is 0.160 e. The van der Waals surface area contributed by atoms with Crippen molar-refractivity contribution in [3.8, 4) is 19.5 Å². The summed E-state index contributed by atoms with van der Waals surface area (Å²) in [7, 11) is 0. The van der Waals surface area contributed by atoms with Crippen molar-refractivity contribution < 1.29 is 4.79 Å². The molecule has 3 aromatic heterocycles. The number of carbonyl (C=O) groups excluding carboxylic acids is 1. The van der Waals surface area contributed by atoms with Gasteiger partial charge in [0.05, 0.1) is 4.88 Å². The quantitative estimate of drug-likeness (QED) is 0.343. The van der Waals surface area contributed by atoms with E-state index in [1.165, 1.54) is 62.7 Å². The maximum absolute atomic E-state index is 11.2. The summed E-state index contributed by atoms with van der Waals surface area (Å²) < 4.78 is 0. The number of hydrogen-bond donors (Lipinski definition) is 0. The number of thiophene rings is 3. The topological polar surface area (TPSA) is 17.1 Å². The Bertz CT molecular complexity index is 822. The van der Waals surface area contributed by atoms with Gasteiger partial charge in [-0.2, -0.15) is 0 Å². The Balaban J connectivity index is 1.90. The molecule has 0 saturated carbocycles. The highest BCUT2D eigenvalue weighted by Gasteiger charge is 2.15. The summed E-state index contributed by atoms with van der Waals surface area (Å²) in [5.74, 6) is 0. The summed E-state index contributed by atoms with van der Waals surface area (Å²) >= 11 is 5.35. The van der Waals surface area contributed by atoms with Crippen LogP contribution in [0.25, 0.3) is 19.5 Å². The molecule has 25 heavy (non-hydrogen) atoms. The van der Waals surface area contributed by atoms with Crippen LogP contribution in [0.3, 0.4) is 0 Å². The van der Waals surface area contributed by atoms with Gasteiger partial charge in [0.25, 0.3) is 0 Å². The first-order valence-electron chi connectivity index (χ1n) is 9.01. The second kappa shape index (κ2) is 8.93. The molecule has 0 fully saturated rings. The predicted octanol–water partition coefficient (Wildman–Crippen LogP) is 7.70. The van der Waals surface area contributed by atoms with Crippen LogP contribution in [0, 0.1) is 0 Å². The van der Waals surface area contributed by atoms with Crippen molar-refractivity contribution in [3.05, 3.63) is 45.6 Å². The number of aldehydes is 1. The fraction of sp³-hybridized carbons (Fsp3) is 0.381. The summed E-state index contributed by atoms with van der Waals surface area (Å²) in [6.07, 6.45) is 8.04. The molecule has 0 aliphatic heterocycles. The predicted molar refractivity (Wildman–Crippen MR) is 114 cm³/mol. The van der Waals surface area contributed by atoms with Crippen molar-refractivity contribution in [2.24, 2.45) is 0 Å². The zero-order chi connectivity index (χ0) is 17.6. The molecule has 0 spiro atoms. The van der Waals surface area contributed by atoms with Crippen molar-refractivity contribution in [2.75, 3.05) is 0 Å². The van der Waals surface area contributed by atoms with Crippen LogP contribution in [-0.2, 0) is 12.8 Å². The van der Waals surface area contributed by atoms with E-state index in [2.05, 4.69) is 43.5 Å². The Morgan fingerprint density at radius 3 is 2.24 bits per heavy atom. The minimum atomic E-state index is 0.843. The summed E-state index contributed by atoms with van der Waals surface area (Å²) in [4.78, 5) is 17.4. The highest BCUT2D eigenvalue weighted by atomic mass is 32.1. The van der Waals surface area contributed by atoms with E-state index in [1.54, 1.807) is 11.3 Å². The van der Waals surface area contributed by atoms with Crippen molar-refractivity contribution in [1.29, 1.82) is 0 Å². The second-order valence-corrected chi connectivity index (χ2v) is 9.35. The molecule has 4 heteroatoms. The zero-order valence-electron chi connectivity index (χ0n) is 14.8. The Hall–Kier alpha value is -1.23. The standard InChI is InChI=1S/C21H24OS3/c1-3-5-7-15-11-12-23-20(15)18-9-10-19(25-18)21-16(8-6-4-2)13-17(14-22)24-21/h9-14H,3-8H2,1-2H3.